The number of guanidine groups is 1. The van der Waals surface area contributed by atoms with Gasteiger partial charge in [0.15, 0.2) is 29.5 Å². The minimum atomic E-state index is -0.938. The third kappa shape index (κ3) is 2.25. The highest BCUT2D eigenvalue weighted by atomic mass is 19.2. The van der Waals surface area contributed by atoms with Crippen LogP contribution in [0.1, 0.15) is 11.9 Å². The fourth-order valence-electron chi connectivity index (χ4n) is 3.11. The topological polar surface area (TPSA) is 70.0 Å². The molecule has 6 nitrogen and oxygen atoms in total. The van der Waals surface area contributed by atoms with Crippen LogP contribution >= 0.6 is 0 Å². The molecule has 8 heteroatoms. The maximum Gasteiger partial charge on any atom is 0.195 e. The number of likely N-dealkylation sites (N-methyl/N-ethyl adjacent to an activating group) is 1. The minimum Gasteiger partial charge on any atom is -0.455 e. The highest BCUT2D eigenvalue weighted by Crippen LogP contribution is 2.41. The van der Waals surface area contributed by atoms with E-state index in [2.05, 4.69) is 27.2 Å². The molecule has 1 fully saturated rings. The molecule has 122 valence electrons. The summed E-state index contributed by atoms with van der Waals surface area (Å²) >= 11 is 0. The maximum atomic E-state index is 14.2. The minimum absolute atomic E-state index is 0.0805. The van der Waals surface area contributed by atoms with Crippen LogP contribution in [0, 0.1) is 11.6 Å². The van der Waals surface area contributed by atoms with Gasteiger partial charge in [0.25, 0.3) is 0 Å². The van der Waals surface area contributed by atoms with Gasteiger partial charge < -0.3 is 20.4 Å². The number of hydrogen-bond acceptors (Lipinski definition) is 6. The predicted octanol–water partition coefficient (Wildman–Crippen LogP) is 1.70. The van der Waals surface area contributed by atoms with Gasteiger partial charge in [-0.25, -0.2) is 13.8 Å². The van der Waals surface area contributed by atoms with Gasteiger partial charge in [-0.3, -0.25) is 4.90 Å². The normalized spacial score (nSPS) is 22.7. The summed E-state index contributed by atoms with van der Waals surface area (Å²) in [6.07, 6.45) is -0.421. The molecular weight excluding hydrogens is 304 g/mol. The van der Waals surface area contributed by atoms with E-state index in [1.54, 1.807) is 0 Å². The lowest BCUT2D eigenvalue weighted by Gasteiger charge is -2.36. The molecule has 3 heterocycles. The zero-order chi connectivity index (χ0) is 16.1. The van der Waals surface area contributed by atoms with E-state index >= 15 is 0 Å². The van der Waals surface area contributed by atoms with Crippen LogP contribution in [-0.2, 0) is 0 Å². The van der Waals surface area contributed by atoms with Crippen LogP contribution in [0.15, 0.2) is 21.5 Å². The zero-order valence-electron chi connectivity index (χ0n) is 12.6. The van der Waals surface area contributed by atoms with Crippen molar-refractivity contribution in [1.82, 2.24) is 9.80 Å². The van der Waals surface area contributed by atoms with Crippen LogP contribution in [0.4, 0.5) is 14.5 Å². The monoisotopic (exact) mass is 321 g/mol. The molecule has 2 aliphatic heterocycles. The van der Waals surface area contributed by atoms with E-state index < -0.39 is 17.8 Å². The number of hydrogen-bond donors (Lipinski definition) is 2. The number of halogens is 2. The number of aliphatic imine (C=N–C) groups is 1. The van der Waals surface area contributed by atoms with Gasteiger partial charge in [0.05, 0.1) is 11.1 Å². The fraction of sp³-hybridized carbons (Fsp3) is 0.400. The molecule has 1 aromatic carbocycles. The van der Waals surface area contributed by atoms with Crippen molar-refractivity contribution in [1.29, 1.82) is 0 Å². The van der Waals surface area contributed by atoms with E-state index in [-0.39, 0.29) is 16.9 Å². The molecule has 0 bridgehead atoms. The number of furan rings is 1. The lowest BCUT2D eigenvalue weighted by Crippen LogP contribution is -2.46. The lowest BCUT2D eigenvalue weighted by atomic mass is 10.1. The van der Waals surface area contributed by atoms with Crippen molar-refractivity contribution >= 4 is 22.6 Å². The summed E-state index contributed by atoms with van der Waals surface area (Å²) in [4.78, 5) is 8.75. The first kappa shape index (κ1) is 14.4. The molecule has 0 saturated carbocycles. The standard InChI is InChI=1S/C15H17F2N5O/c1-21-4-6-22(7-5-21)14-13-12(19-15(18)20-14)10-9(23-13)3-2-8(16)11(10)17/h2-3,14H,4-7H2,1H3,(H3,18,19,20). The van der Waals surface area contributed by atoms with Crippen molar-refractivity contribution in [2.24, 2.45) is 10.7 Å². The average molecular weight is 321 g/mol. The van der Waals surface area contributed by atoms with Crippen molar-refractivity contribution in [2.75, 3.05) is 38.5 Å². The molecule has 3 N–H and O–H groups in total. The van der Waals surface area contributed by atoms with E-state index in [1.165, 1.54) is 6.07 Å². The van der Waals surface area contributed by atoms with E-state index in [0.717, 1.165) is 32.2 Å². The number of nitrogens with one attached hydrogen (secondary N) is 1. The Morgan fingerprint density at radius 2 is 2.00 bits per heavy atom. The molecule has 0 spiro atoms. The Balaban J connectivity index is 1.82. The Bertz CT molecular complexity index is 795. The van der Waals surface area contributed by atoms with Crippen LogP contribution in [0.25, 0.3) is 11.0 Å². The molecule has 1 aromatic heterocycles. The Morgan fingerprint density at radius 1 is 1.26 bits per heavy atom. The molecule has 1 atom stereocenters. The van der Waals surface area contributed by atoms with Crippen molar-refractivity contribution < 1.29 is 13.2 Å². The molecule has 2 aliphatic rings. The summed E-state index contributed by atoms with van der Waals surface area (Å²) < 4.78 is 33.5. The summed E-state index contributed by atoms with van der Waals surface area (Å²) in [5.74, 6) is -1.21. The highest BCUT2D eigenvalue weighted by Gasteiger charge is 2.34. The molecule has 0 aliphatic carbocycles. The smallest absolute Gasteiger partial charge is 0.195 e. The second kappa shape index (κ2) is 5.17. The summed E-state index contributed by atoms with van der Waals surface area (Å²) in [5, 5.41) is 2.90. The summed E-state index contributed by atoms with van der Waals surface area (Å²) in [6.45, 7) is 3.40. The van der Waals surface area contributed by atoms with Crippen molar-refractivity contribution in [3.05, 3.63) is 29.5 Å². The summed E-state index contributed by atoms with van der Waals surface area (Å²) in [7, 11) is 2.06. The SMILES string of the molecule is CN1CCN(C2N=C(N)Nc3c2oc2ccc(F)c(F)c32)CC1. The van der Waals surface area contributed by atoms with Gasteiger partial charge in [0.2, 0.25) is 0 Å². The summed E-state index contributed by atoms with van der Waals surface area (Å²) in [6, 6.07) is 2.48. The molecule has 2 aromatic rings. The van der Waals surface area contributed by atoms with Crippen LogP contribution in [0.2, 0.25) is 0 Å². The number of fused-ring (bicyclic) bond motifs is 3. The van der Waals surface area contributed by atoms with E-state index in [4.69, 9.17) is 10.2 Å². The van der Waals surface area contributed by atoms with E-state index in [0.29, 0.717) is 11.4 Å². The second-order valence-electron chi connectivity index (χ2n) is 5.93. The van der Waals surface area contributed by atoms with Gasteiger partial charge in [-0.1, -0.05) is 0 Å². The molecule has 0 radical (unpaired) electrons. The third-order valence-electron chi connectivity index (χ3n) is 4.41. The van der Waals surface area contributed by atoms with E-state index in [9.17, 15) is 8.78 Å². The first-order valence-corrected chi connectivity index (χ1v) is 7.48. The molecule has 1 saturated heterocycles. The Labute approximate surface area is 131 Å². The fourth-order valence-corrected chi connectivity index (χ4v) is 3.11. The number of anilines is 1. The van der Waals surface area contributed by atoms with Gasteiger partial charge in [-0.2, -0.15) is 0 Å². The maximum absolute atomic E-state index is 14.2. The van der Waals surface area contributed by atoms with Crippen molar-refractivity contribution in [3.8, 4) is 0 Å². The quantitative estimate of drug-likeness (QED) is 0.836. The number of rotatable bonds is 1. The first-order valence-electron chi connectivity index (χ1n) is 7.48. The third-order valence-corrected chi connectivity index (χ3v) is 4.41. The molecular formula is C15H17F2N5O. The predicted molar refractivity (Wildman–Crippen MR) is 83.2 cm³/mol. The van der Waals surface area contributed by atoms with Crippen molar-refractivity contribution in [2.45, 2.75) is 6.17 Å². The number of nitrogens with two attached hydrogens (primary N) is 1. The summed E-state index contributed by atoms with van der Waals surface area (Å²) in [5.41, 5.74) is 6.51. The second-order valence-corrected chi connectivity index (χ2v) is 5.93. The number of piperazine rings is 1. The van der Waals surface area contributed by atoms with Gasteiger partial charge >= 0.3 is 0 Å². The molecule has 1 unspecified atom stereocenters. The van der Waals surface area contributed by atoms with Gasteiger partial charge in [-0.15, -0.1) is 0 Å². The Kier molecular flexibility index (Phi) is 3.24. The Morgan fingerprint density at radius 3 is 2.74 bits per heavy atom. The average Bonchev–Trinajstić information content (AvgIpc) is 2.90. The Hall–Kier alpha value is -2.19. The van der Waals surface area contributed by atoms with Crippen LogP contribution in [-0.4, -0.2) is 49.0 Å². The van der Waals surface area contributed by atoms with Crippen molar-refractivity contribution in [3.63, 3.8) is 0 Å². The largest absolute Gasteiger partial charge is 0.455 e. The van der Waals surface area contributed by atoms with Gasteiger partial charge in [0.1, 0.15) is 5.58 Å². The number of nitrogens with zero attached hydrogens (tertiary/aromatic N) is 3. The first-order chi connectivity index (χ1) is 11.0. The van der Waals surface area contributed by atoms with Gasteiger partial charge in [-0.05, 0) is 19.2 Å². The van der Waals surface area contributed by atoms with Gasteiger partial charge in [0, 0.05) is 26.2 Å². The van der Waals surface area contributed by atoms with Crippen LogP contribution in [0.3, 0.4) is 0 Å². The molecule has 4 rings (SSSR count). The lowest BCUT2D eigenvalue weighted by molar-refractivity contribution is 0.105. The van der Waals surface area contributed by atoms with Crippen LogP contribution < -0.4 is 11.1 Å². The van der Waals surface area contributed by atoms with Crippen LogP contribution in [0.5, 0.6) is 0 Å². The van der Waals surface area contributed by atoms with E-state index in [1.807, 2.05) is 0 Å². The number of benzene rings is 1. The zero-order valence-corrected chi connectivity index (χ0v) is 12.6. The highest BCUT2D eigenvalue weighted by molar-refractivity contribution is 6.04. The molecule has 23 heavy (non-hydrogen) atoms. The molecule has 0 amide bonds.